The van der Waals surface area contributed by atoms with Gasteiger partial charge in [-0.05, 0) is 37.1 Å². The van der Waals surface area contributed by atoms with Crippen LogP contribution in [0.25, 0.3) is 0 Å². The van der Waals surface area contributed by atoms with Crippen LogP contribution in [0, 0.1) is 9.28 Å². The molecule has 0 amide bonds. The SMILES string of the molecule is O=C(CCCCCCCCCCC(=O)On1ccccc1=S)On1ccccc1=S. The van der Waals surface area contributed by atoms with Gasteiger partial charge in [0.2, 0.25) is 0 Å². The largest absolute Gasteiger partial charge is 0.336 e. The number of unbranched alkanes of at least 4 members (excludes halogenated alkanes) is 7. The second-order valence-corrected chi connectivity index (χ2v) is 7.82. The second kappa shape index (κ2) is 13.8. The highest BCUT2D eigenvalue weighted by Gasteiger charge is 2.05. The molecule has 0 fully saturated rings. The van der Waals surface area contributed by atoms with Crippen LogP contribution < -0.4 is 9.68 Å². The Hall–Kier alpha value is -2.32. The number of aromatic nitrogens is 2. The van der Waals surface area contributed by atoms with Crippen molar-refractivity contribution in [3.05, 3.63) is 58.1 Å². The molecule has 0 aromatic carbocycles. The van der Waals surface area contributed by atoms with Gasteiger partial charge in [-0.1, -0.05) is 75.1 Å². The third-order valence-electron chi connectivity index (χ3n) is 4.49. The zero-order valence-electron chi connectivity index (χ0n) is 17.0. The summed E-state index contributed by atoms with van der Waals surface area (Å²) in [5.41, 5.74) is 0. The van der Waals surface area contributed by atoms with Crippen molar-refractivity contribution in [2.24, 2.45) is 0 Å². The van der Waals surface area contributed by atoms with Gasteiger partial charge in [-0.15, -0.1) is 0 Å². The molecule has 2 heterocycles. The molecule has 0 unspecified atom stereocenters. The Morgan fingerprint density at radius 3 is 1.37 bits per heavy atom. The van der Waals surface area contributed by atoms with Crippen LogP contribution in [-0.4, -0.2) is 21.4 Å². The van der Waals surface area contributed by atoms with Gasteiger partial charge in [0, 0.05) is 25.2 Å². The molecule has 0 aliphatic carbocycles. The van der Waals surface area contributed by atoms with E-state index in [1.54, 1.807) is 48.8 Å². The van der Waals surface area contributed by atoms with Gasteiger partial charge in [0.25, 0.3) is 0 Å². The Bertz CT molecular complexity index is 848. The molecule has 6 nitrogen and oxygen atoms in total. The van der Waals surface area contributed by atoms with E-state index in [9.17, 15) is 9.59 Å². The first-order valence-electron chi connectivity index (χ1n) is 10.3. The van der Waals surface area contributed by atoms with E-state index >= 15 is 0 Å². The lowest BCUT2D eigenvalue weighted by Crippen LogP contribution is -2.19. The van der Waals surface area contributed by atoms with E-state index in [-0.39, 0.29) is 11.9 Å². The highest BCUT2D eigenvalue weighted by molar-refractivity contribution is 7.71. The van der Waals surface area contributed by atoms with Crippen molar-refractivity contribution in [3.8, 4) is 0 Å². The molecule has 2 aromatic heterocycles. The lowest BCUT2D eigenvalue weighted by Gasteiger charge is -2.07. The first-order valence-corrected chi connectivity index (χ1v) is 11.2. The van der Waals surface area contributed by atoms with E-state index in [4.69, 9.17) is 34.1 Å². The Kier molecular flexibility index (Phi) is 11.0. The summed E-state index contributed by atoms with van der Waals surface area (Å²) < 4.78 is 3.59. The Labute approximate surface area is 187 Å². The minimum atomic E-state index is -0.263. The Morgan fingerprint density at radius 1 is 0.633 bits per heavy atom. The van der Waals surface area contributed by atoms with Crippen LogP contribution in [0.3, 0.4) is 0 Å². The van der Waals surface area contributed by atoms with Crippen LogP contribution in [0.1, 0.15) is 64.2 Å². The Balaban J connectivity index is 1.43. The first kappa shape index (κ1) is 24.0. The highest BCUT2D eigenvalue weighted by atomic mass is 32.1. The maximum Gasteiger partial charge on any atom is 0.332 e. The van der Waals surface area contributed by atoms with Crippen LogP contribution in [0.15, 0.2) is 48.8 Å². The van der Waals surface area contributed by atoms with Crippen LogP contribution in [-0.2, 0) is 9.59 Å². The number of rotatable bonds is 13. The number of hydrogen-bond donors (Lipinski definition) is 0. The fourth-order valence-electron chi connectivity index (χ4n) is 2.89. The van der Waals surface area contributed by atoms with Crippen molar-refractivity contribution >= 4 is 36.4 Å². The minimum Gasteiger partial charge on any atom is -0.336 e. The van der Waals surface area contributed by atoms with Gasteiger partial charge in [0.15, 0.2) is 0 Å². The zero-order valence-corrected chi connectivity index (χ0v) is 18.7. The van der Waals surface area contributed by atoms with E-state index in [0.717, 1.165) is 51.4 Å². The summed E-state index contributed by atoms with van der Waals surface area (Å²) in [5.74, 6) is -0.526. The van der Waals surface area contributed by atoms with Crippen LogP contribution in [0.5, 0.6) is 0 Å². The first-order chi connectivity index (χ1) is 14.6. The van der Waals surface area contributed by atoms with E-state index in [1.807, 2.05) is 0 Å². The highest BCUT2D eigenvalue weighted by Crippen LogP contribution is 2.11. The molecule has 8 heteroatoms. The van der Waals surface area contributed by atoms with Gasteiger partial charge in [-0.2, -0.15) is 9.46 Å². The summed E-state index contributed by atoms with van der Waals surface area (Å²) in [6.07, 6.45) is 12.1. The van der Waals surface area contributed by atoms with Crippen molar-refractivity contribution < 1.29 is 19.3 Å². The molecule has 0 N–H and O–H groups in total. The van der Waals surface area contributed by atoms with E-state index in [0.29, 0.717) is 22.1 Å². The monoisotopic (exact) mass is 448 g/mol. The lowest BCUT2D eigenvalue weighted by molar-refractivity contribution is -0.145. The summed E-state index contributed by atoms with van der Waals surface area (Å²) in [6, 6.07) is 10.6. The molecule has 0 radical (unpaired) electrons. The van der Waals surface area contributed by atoms with Gasteiger partial charge in [-0.25, -0.2) is 9.59 Å². The molecule has 0 bridgehead atoms. The zero-order chi connectivity index (χ0) is 21.6. The van der Waals surface area contributed by atoms with Crippen molar-refractivity contribution in [3.63, 3.8) is 0 Å². The lowest BCUT2D eigenvalue weighted by atomic mass is 10.1. The summed E-state index contributed by atoms with van der Waals surface area (Å²) in [4.78, 5) is 34.1. The summed E-state index contributed by atoms with van der Waals surface area (Å²) >= 11 is 10.2. The summed E-state index contributed by atoms with van der Waals surface area (Å²) in [6.45, 7) is 0. The van der Waals surface area contributed by atoms with Gasteiger partial charge >= 0.3 is 11.9 Å². The fraction of sp³-hybridized carbons (Fsp3) is 0.455. The number of pyridine rings is 2. The Morgan fingerprint density at radius 2 is 1.00 bits per heavy atom. The number of hydrogen-bond acceptors (Lipinski definition) is 6. The predicted octanol–water partition coefficient (Wildman–Crippen LogP) is 5.26. The third kappa shape index (κ3) is 9.45. The molecule has 0 aliphatic rings. The van der Waals surface area contributed by atoms with E-state index in [2.05, 4.69) is 0 Å². The smallest absolute Gasteiger partial charge is 0.332 e. The molecular formula is C22H28N2O4S2. The second-order valence-electron chi connectivity index (χ2n) is 6.98. The van der Waals surface area contributed by atoms with E-state index in [1.165, 1.54) is 9.46 Å². The van der Waals surface area contributed by atoms with Crippen LogP contribution in [0.2, 0.25) is 0 Å². The molecule has 0 aliphatic heterocycles. The summed E-state index contributed by atoms with van der Waals surface area (Å²) in [7, 11) is 0. The van der Waals surface area contributed by atoms with Gasteiger partial charge < -0.3 is 9.68 Å². The molecule has 0 saturated carbocycles. The molecule has 0 saturated heterocycles. The third-order valence-corrected chi connectivity index (χ3v) is 5.12. The molecule has 2 rings (SSSR count). The predicted molar refractivity (Wildman–Crippen MR) is 120 cm³/mol. The molecule has 30 heavy (non-hydrogen) atoms. The molecule has 0 spiro atoms. The quantitative estimate of drug-likeness (QED) is 0.308. The van der Waals surface area contributed by atoms with Crippen molar-refractivity contribution in [1.82, 2.24) is 9.46 Å². The van der Waals surface area contributed by atoms with Crippen molar-refractivity contribution in [1.29, 1.82) is 0 Å². The standard InChI is InChI=1S/C22H28N2O4S2/c25-21(27-23-17-11-9-13-19(23)29)15-7-5-3-1-2-4-6-8-16-22(26)28-24-18-12-10-14-20(24)30/h9-14,17-18H,1-8,15-16H2. The molecule has 0 atom stereocenters. The number of carbonyl (C=O) groups is 2. The molecule has 162 valence electrons. The fourth-order valence-corrected chi connectivity index (χ4v) is 3.24. The van der Waals surface area contributed by atoms with Gasteiger partial charge in [0.1, 0.15) is 9.28 Å². The topological polar surface area (TPSA) is 62.5 Å². The molecule has 2 aromatic rings. The minimum absolute atomic E-state index is 0.263. The van der Waals surface area contributed by atoms with E-state index < -0.39 is 0 Å². The number of carbonyl (C=O) groups excluding carboxylic acids is 2. The average molecular weight is 449 g/mol. The van der Waals surface area contributed by atoms with Crippen LogP contribution in [0.4, 0.5) is 0 Å². The maximum atomic E-state index is 11.8. The summed E-state index contributed by atoms with van der Waals surface area (Å²) in [5, 5.41) is 0. The normalized spacial score (nSPS) is 10.5. The van der Waals surface area contributed by atoms with Crippen molar-refractivity contribution in [2.75, 3.05) is 0 Å². The van der Waals surface area contributed by atoms with Gasteiger partial charge in [-0.3, -0.25) is 0 Å². The van der Waals surface area contributed by atoms with Crippen molar-refractivity contribution in [2.45, 2.75) is 64.2 Å². The number of nitrogens with zero attached hydrogens (tertiary/aromatic N) is 2. The van der Waals surface area contributed by atoms with Gasteiger partial charge in [0.05, 0.1) is 0 Å². The van der Waals surface area contributed by atoms with Crippen LogP contribution >= 0.6 is 24.4 Å². The average Bonchev–Trinajstić information content (AvgIpc) is 2.73. The maximum absolute atomic E-state index is 11.8. The molecular weight excluding hydrogens is 420 g/mol.